The van der Waals surface area contributed by atoms with Crippen molar-refractivity contribution in [3.05, 3.63) is 55.5 Å². The molecule has 154 valence electrons. The molecule has 5 rings (SSSR count). The van der Waals surface area contributed by atoms with Crippen LogP contribution in [0.2, 0.25) is 0 Å². The molecular formula is C21H20BrN5O2S. The quantitative estimate of drug-likeness (QED) is 0.476. The van der Waals surface area contributed by atoms with Gasteiger partial charge in [-0.1, -0.05) is 22.9 Å². The summed E-state index contributed by atoms with van der Waals surface area (Å²) in [5, 5.41) is 8.32. The van der Waals surface area contributed by atoms with Gasteiger partial charge in [0.15, 0.2) is 5.65 Å². The lowest BCUT2D eigenvalue weighted by molar-refractivity contribution is -0.117. The van der Waals surface area contributed by atoms with E-state index in [0.717, 1.165) is 39.5 Å². The second-order valence-electron chi connectivity index (χ2n) is 7.92. The van der Waals surface area contributed by atoms with Crippen molar-refractivity contribution in [2.45, 2.75) is 39.7 Å². The lowest BCUT2D eigenvalue weighted by Gasteiger charge is -2.17. The maximum atomic E-state index is 12.8. The second-order valence-corrected chi connectivity index (χ2v) is 9.86. The molecular weight excluding hydrogens is 466 g/mol. The molecule has 1 aliphatic carbocycles. The van der Waals surface area contributed by atoms with Crippen molar-refractivity contribution in [1.29, 1.82) is 0 Å². The molecule has 1 aliphatic rings. The number of aromatic nitrogens is 4. The third-order valence-electron chi connectivity index (χ3n) is 5.61. The van der Waals surface area contributed by atoms with Gasteiger partial charge in [0.2, 0.25) is 5.91 Å². The van der Waals surface area contributed by atoms with Gasteiger partial charge in [-0.05, 0) is 61.4 Å². The summed E-state index contributed by atoms with van der Waals surface area (Å²) in [5.41, 5.74) is 3.19. The number of rotatable bonds is 3. The molecule has 1 amide bonds. The van der Waals surface area contributed by atoms with E-state index in [0.29, 0.717) is 17.3 Å². The van der Waals surface area contributed by atoms with E-state index in [1.807, 2.05) is 25.1 Å². The van der Waals surface area contributed by atoms with Crippen molar-refractivity contribution >= 4 is 54.7 Å². The van der Waals surface area contributed by atoms with E-state index in [-0.39, 0.29) is 18.1 Å². The van der Waals surface area contributed by atoms with Gasteiger partial charge in [-0.2, -0.15) is 0 Å². The highest BCUT2D eigenvalue weighted by Crippen LogP contribution is 2.38. The molecule has 1 aromatic carbocycles. The first kappa shape index (κ1) is 19.4. The summed E-state index contributed by atoms with van der Waals surface area (Å²) >= 11 is 5.14. The van der Waals surface area contributed by atoms with Crippen molar-refractivity contribution in [2.75, 3.05) is 5.32 Å². The topological polar surface area (TPSA) is 81.3 Å². The Bertz CT molecular complexity index is 1370. The zero-order valence-corrected chi connectivity index (χ0v) is 19.0. The van der Waals surface area contributed by atoms with E-state index in [4.69, 9.17) is 0 Å². The Morgan fingerprint density at radius 1 is 1.40 bits per heavy atom. The summed E-state index contributed by atoms with van der Waals surface area (Å²) in [6.07, 6.45) is 4.66. The number of fused-ring (bicyclic) bond motifs is 5. The number of nitrogens with zero attached hydrogens (tertiary/aromatic N) is 4. The number of aryl methyl sites for hydroxylation is 2. The summed E-state index contributed by atoms with van der Waals surface area (Å²) in [6, 6.07) is 5.57. The smallest absolute Gasteiger partial charge is 0.324 e. The lowest BCUT2D eigenvalue weighted by Crippen LogP contribution is -2.28. The summed E-state index contributed by atoms with van der Waals surface area (Å²) in [5.74, 6) is 0.361. The average molecular weight is 486 g/mol. The fourth-order valence-electron chi connectivity index (χ4n) is 4.02. The Morgan fingerprint density at radius 2 is 2.23 bits per heavy atom. The SMILES string of the molecule is Cc1cc(NC(=O)Cn2nc3c4c5c(sc4ncn3c2=O)CC(C)CC5)ccc1Br. The van der Waals surface area contributed by atoms with Gasteiger partial charge < -0.3 is 5.32 Å². The van der Waals surface area contributed by atoms with Crippen molar-refractivity contribution in [1.82, 2.24) is 19.2 Å². The van der Waals surface area contributed by atoms with Gasteiger partial charge in [-0.3, -0.25) is 4.79 Å². The van der Waals surface area contributed by atoms with Crippen molar-refractivity contribution in [2.24, 2.45) is 5.92 Å². The minimum Gasteiger partial charge on any atom is -0.324 e. The van der Waals surface area contributed by atoms with Crippen molar-refractivity contribution < 1.29 is 4.79 Å². The van der Waals surface area contributed by atoms with Crippen LogP contribution in [-0.4, -0.2) is 25.1 Å². The van der Waals surface area contributed by atoms with Crippen LogP contribution in [0.3, 0.4) is 0 Å². The molecule has 0 saturated heterocycles. The average Bonchev–Trinajstić information content (AvgIpc) is 3.22. The Balaban J connectivity index is 1.50. The van der Waals surface area contributed by atoms with Gasteiger partial charge in [0.25, 0.3) is 0 Å². The second kappa shape index (κ2) is 7.31. The van der Waals surface area contributed by atoms with Gasteiger partial charge in [0.1, 0.15) is 17.7 Å². The highest BCUT2D eigenvalue weighted by Gasteiger charge is 2.24. The fourth-order valence-corrected chi connectivity index (χ4v) is 5.62. The van der Waals surface area contributed by atoms with Crippen molar-refractivity contribution in [3.8, 4) is 0 Å². The zero-order chi connectivity index (χ0) is 21.0. The Morgan fingerprint density at radius 3 is 3.03 bits per heavy atom. The number of hydrogen-bond donors (Lipinski definition) is 1. The number of halogens is 1. The molecule has 7 nitrogen and oxygen atoms in total. The van der Waals surface area contributed by atoms with Crippen LogP contribution in [0.1, 0.15) is 29.3 Å². The summed E-state index contributed by atoms with van der Waals surface area (Å²) < 4.78 is 3.64. The first-order valence-electron chi connectivity index (χ1n) is 9.85. The van der Waals surface area contributed by atoms with Gasteiger partial charge in [-0.25, -0.2) is 18.9 Å². The molecule has 0 bridgehead atoms. The Kier molecular flexibility index (Phi) is 4.74. The minimum atomic E-state index is -0.356. The first-order valence-corrected chi connectivity index (χ1v) is 11.5. The van der Waals surface area contributed by atoms with Crippen LogP contribution in [0.4, 0.5) is 5.69 Å². The summed E-state index contributed by atoms with van der Waals surface area (Å²) in [7, 11) is 0. The number of hydrogen-bond acceptors (Lipinski definition) is 5. The molecule has 30 heavy (non-hydrogen) atoms. The van der Waals surface area contributed by atoms with Crippen LogP contribution in [0.5, 0.6) is 0 Å². The monoisotopic (exact) mass is 485 g/mol. The molecule has 0 aliphatic heterocycles. The lowest BCUT2D eigenvalue weighted by atomic mass is 9.89. The number of carbonyl (C=O) groups excluding carboxylic acids is 1. The molecule has 1 atom stereocenters. The van der Waals surface area contributed by atoms with Crippen LogP contribution in [0, 0.1) is 12.8 Å². The number of nitrogens with one attached hydrogen (secondary N) is 1. The van der Waals surface area contributed by atoms with Crippen LogP contribution in [0.15, 0.2) is 33.8 Å². The molecule has 9 heteroatoms. The largest absolute Gasteiger partial charge is 0.352 e. The van der Waals surface area contributed by atoms with Crippen LogP contribution in [-0.2, 0) is 24.2 Å². The molecule has 0 saturated carbocycles. The van der Waals surface area contributed by atoms with E-state index >= 15 is 0 Å². The number of thiophene rings is 1. The van der Waals surface area contributed by atoms with E-state index in [1.54, 1.807) is 11.3 Å². The molecule has 4 aromatic rings. The fraction of sp³-hybridized carbons (Fsp3) is 0.333. The molecule has 0 radical (unpaired) electrons. The molecule has 1 N–H and O–H groups in total. The minimum absolute atomic E-state index is 0.152. The summed E-state index contributed by atoms with van der Waals surface area (Å²) in [6.45, 7) is 4.06. The normalized spacial score (nSPS) is 16.2. The van der Waals surface area contributed by atoms with Gasteiger partial charge >= 0.3 is 5.69 Å². The third kappa shape index (κ3) is 3.26. The van der Waals surface area contributed by atoms with E-state index in [2.05, 4.69) is 38.3 Å². The van der Waals surface area contributed by atoms with Crippen LogP contribution < -0.4 is 11.0 Å². The van der Waals surface area contributed by atoms with E-state index in [1.165, 1.54) is 25.9 Å². The maximum absolute atomic E-state index is 12.8. The zero-order valence-electron chi connectivity index (χ0n) is 16.6. The molecule has 0 fully saturated rings. The van der Waals surface area contributed by atoms with E-state index in [9.17, 15) is 9.59 Å². The highest BCUT2D eigenvalue weighted by atomic mass is 79.9. The summed E-state index contributed by atoms with van der Waals surface area (Å²) in [4.78, 5) is 32.1. The number of benzene rings is 1. The van der Waals surface area contributed by atoms with Crippen molar-refractivity contribution in [3.63, 3.8) is 0 Å². The number of anilines is 1. The molecule has 3 aromatic heterocycles. The molecule has 1 unspecified atom stereocenters. The maximum Gasteiger partial charge on any atom is 0.352 e. The third-order valence-corrected chi connectivity index (χ3v) is 7.66. The van der Waals surface area contributed by atoms with Gasteiger partial charge in [-0.15, -0.1) is 16.4 Å². The Hall–Kier alpha value is -2.52. The predicted molar refractivity (Wildman–Crippen MR) is 121 cm³/mol. The number of carbonyl (C=O) groups is 1. The van der Waals surface area contributed by atoms with E-state index < -0.39 is 0 Å². The van der Waals surface area contributed by atoms with Crippen LogP contribution >= 0.6 is 27.3 Å². The Labute approximate surface area is 184 Å². The number of amides is 1. The van der Waals surface area contributed by atoms with Gasteiger partial charge in [0, 0.05) is 15.0 Å². The highest BCUT2D eigenvalue weighted by molar-refractivity contribution is 9.10. The van der Waals surface area contributed by atoms with Crippen LogP contribution in [0.25, 0.3) is 15.9 Å². The van der Waals surface area contributed by atoms with Gasteiger partial charge in [0.05, 0.1) is 5.39 Å². The predicted octanol–water partition coefficient (Wildman–Crippen LogP) is 3.94. The molecule has 0 spiro atoms. The first-order chi connectivity index (χ1) is 14.4. The standard InChI is InChI=1S/C21H20BrN5O2S/c1-11-3-5-14-16(7-11)30-20-18(14)19-25-27(21(29)26(19)10-23-20)9-17(28)24-13-4-6-15(22)12(2)8-13/h4,6,8,10-11H,3,5,7,9H2,1-2H3,(H,24,28). The molecule has 3 heterocycles.